The molecule has 6 nitrogen and oxygen atoms in total. The minimum Gasteiger partial charge on any atom is -0.478 e. The Balaban J connectivity index is 2.27. The summed E-state index contributed by atoms with van der Waals surface area (Å²) in [5, 5.41) is 17.0. The molecule has 0 unspecified atom stereocenters. The van der Waals surface area contributed by atoms with Gasteiger partial charge in [-0.3, -0.25) is 4.40 Å². The van der Waals surface area contributed by atoms with Crippen LogP contribution in [0.1, 0.15) is 10.4 Å². The number of carboxylic acids is 1. The molecule has 0 fully saturated rings. The van der Waals surface area contributed by atoms with E-state index >= 15 is 0 Å². The largest absolute Gasteiger partial charge is 0.478 e. The number of carboxylic acid groups (broad SMARTS) is 1. The predicted molar refractivity (Wildman–Crippen MR) is 65.3 cm³/mol. The molecule has 0 saturated heterocycles. The number of hydrogen-bond donors (Lipinski definition) is 1. The molecule has 3 heterocycles. The van der Waals surface area contributed by atoms with Crippen molar-refractivity contribution in [1.82, 2.24) is 14.6 Å². The van der Waals surface area contributed by atoms with Crippen molar-refractivity contribution in [2.75, 3.05) is 0 Å². The van der Waals surface area contributed by atoms with Gasteiger partial charge < -0.3 is 9.52 Å². The Morgan fingerprint density at radius 1 is 1.33 bits per heavy atom. The highest BCUT2D eigenvalue weighted by molar-refractivity contribution is 9.10. The van der Waals surface area contributed by atoms with Crippen molar-refractivity contribution >= 4 is 27.5 Å². The summed E-state index contributed by atoms with van der Waals surface area (Å²) in [5.74, 6) is -0.475. The highest BCUT2D eigenvalue weighted by atomic mass is 79.9. The minimum absolute atomic E-state index is 0.170. The number of carbonyl (C=O) groups is 1. The molecule has 0 radical (unpaired) electrons. The number of rotatable bonds is 2. The lowest BCUT2D eigenvalue weighted by atomic mass is 10.2. The van der Waals surface area contributed by atoms with Crippen LogP contribution in [0.2, 0.25) is 0 Å². The first-order chi connectivity index (χ1) is 8.66. The van der Waals surface area contributed by atoms with Gasteiger partial charge in [-0.2, -0.15) is 0 Å². The standard InChI is InChI=1S/C11H6BrN3O3/c12-9-7(3-4-18-9)10-14-13-8-2-1-6(11(16)17)5-15(8)10/h1-5H,(H,16,17). The zero-order valence-corrected chi connectivity index (χ0v) is 10.5. The third kappa shape index (κ3) is 1.60. The number of nitrogens with zero attached hydrogens (tertiary/aromatic N) is 3. The monoisotopic (exact) mass is 307 g/mol. The van der Waals surface area contributed by atoms with Crippen molar-refractivity contribution in [3.63, 3.8) is 0 Å². The van der Waals surface area contributed by atoms with E-state index in [4.69, 9.17) is 9.52 Å². The average molecular weight is 308 g/mol. The second-order valence-corrected chi connectivity index (χ2v) is 4.30. The van der Waals surface area contributed by atoms with Crippen molar-refractivity contribution in [3.05, 3.63) is 40.9 Å². The van der Waals surface area contributed by atoms with E-state index in [2.05, 4.69) is 26.1 Å². The van der Waals surface area contributed by atoms with Crippen LogP contribution in [0.3, 0.4) is 0 Å². The molecule has 0 aliphatic carbocycles. The van der Waals surface area contributed by atoms with Crippen molar-refractivity contribution in [3.8, 4) is 11.4 Å². The molecule has 0 aliphatic heterocycles. The maximum Gasteiger partial charge on any atom is 0.337 e. The van der Waals surface area contributed by atoms with E-state index in [1.54, 1.807) is 16.5 Å². The zero-order valence-electron chi connectivity index (χ0n) is 8.87. The maximum atomic E-state index is 10.9. The van der Waals surface area contributed by atoms with Gasteiger partial charge in [0.25, 0.3) is 0 Å². The second kappa shape index (κ2) is 3.95. The fraction of sp³-hybridized carbons (Fsp3) is 0. The molecular formula is C11H6BrN3O3. The zero-order chi connectivity index (χ0) is 12.7. The van der Waals surface area contributed by atoms with Crippen LogP contribution >= 0.6 is 15.9 Å². The van der Waals surface area contributed by atoms with Gasteiger partial charge in [0.05, 0.1) is 17.4 Å². The number of furan rings is 1. The lowest BCUT2D eigenvalue weighted by Gasteiger charge is -1.99. The summed E-state index contributed by atoms with van der Waals surface area (Å²) in [5.41, 5.74) is 1.45. The lowest BCUT2D eigenvalue weighted by Crippen LogP contribution is -1.99. The Morgan fingerprint density at radius 2 is 2.17 bits per heavy atom. The summed E-state index contributed by atoms with van der Waals surface area (Å²) >= 11 is 3.26. The quantitative estimate of drug-likeness (QED) is 0.786. The molecule has 0 aliphatic rings. The first-order valence-electron chi connectivity index (χ1n) is 4.98. The molecule has 3 aromatic rings. The van der Waals surface area contributed by atoms with Crippen molar-refractivity contribution in [1.29, 1.82) is 0 Å². The average Bonchev–Trinajstić information content (AvgIpc) is 2.93. The van der Waals surface area contributed by atoms with Crippen LogP contribution < -0.4 is 0 Å². The van der Waals surface area contributed by atoms with E-state index in [0.717, 1.165) is 0 Å². The van der Waals surface area contributed by atoms with Gasteiger partial charge in [0, 0.05) is 6.20 Å². The number of halogens is 1. The van der Waals surface area contributed by atoms with Crippen LogP contribution in [0.5, 0.6) is 0 Å². The fourth-order valence-corrected chi connectivity index (χ4v) is 2.07. The fourth-order valence-electron chi connectivity index (χ4n) is 1.65. The number of hydrogen-bond acceptors (Lipinski definition) is 4. The third-order valence-corrected chi connectivity index (χ3v) is 3.12. The number of pyridine rings is 1. The SMILES string of the molecule is O=C(O)c1ccc2nnc(-c3ccoc3Br)n2c1. The first-order valence-corrected chi connectivity index (χ1v) is 5.77. The van der Waals surface area contributed by atoms with E-state index in [1.807, 2.05) is 0 Å². The molecule has 3 rings (SSSR count). The van der Waals surface area contributed by atoms with E-state index in [1.165, 1.54) is 18.5 Å². The van der Waals surface area contributed by atoms with E-state index < -0.39 is 5.97 Å². The smallest absolute Gasteiger partial charge is 0.337 e. The molecule has 18 heavy (non-hydrogen) atoms. The number of aromatic nitrogens is 3. The van der Waals surface area contributed by atoms with Gasteiger partial charge in [0.1, 0.15) is 0 Å². The first kappa shape index (κ1) is 11.0. The summed E-state index contributed by atoms with van der Waals surface area (Å²) in [6, 6.07) is 4.82. The molecule has 0 aromatic carbocycles. The van der Waals surface area contributed by atoms with E-state index in [-0.39, 0.29) is 5.56 Å². The molecule has 0 saturated carbocycles. The van der Waals surface area contributed by atoms with Crippen LogP contribution in [0.25, 0.3) is 17.0 Å². The van der Waals surface area contributed by atoms with Gasteiger partial charge in [-0.15, -0.1) is 10.2 Å². The molecule has 0 amide bonds. The van der Waals surface area contributed by atoms with Gasteiger partial charge in [-0.25, -0.2) is 4.79 Å². The van der Waals surface area contributed by atoms with Crippen molar-refractivity contribution in [2.24, 2.45) is 0 Å². The van der Waals surface area contributed by atoms with Gasteiger partial charge >= 0.3 is 5.97 Å². The van der Waals surface area contributed by atoms with Gasteiger partial charge in [0.15, 0.2) is 16.1 Å². The predicted octanol–water partition coefficient (Wildman–Crippen LogP) is 2.45. The Labute approximate surface area is 109 Å². The number of aromatic carboxylic acids is 1. The topological polar surface area (TPSA) is 80.6 Å². The van der Waals surface area contributed by atoms with Crippen molar-refractivity contribution < 1.29 is 14.3 Å². The lowest BCUT2D eigenvalue weighted by molar-refractivity contribution is 0.0696. The molecule has 0 spiro atoms. The maximum absolute atomic E-state index is 10.9. The van der Waals surface area contributed by atoms with Crippen LogP contribution in [0.15, 0.2) is 39.7 Å². The molecule has 3 aromatic heterocycles. The summed E-state index contributed by atoms with van der Waals surface area (Å²) < 4.78 is 7.27. The number of fused-ring (bicyclic) bond motifs is 1. The van der Waals surface area contributed by atoms with Gasteiger partial charge in [-0.05, 0) is 34.1 Å². The Bertz CT molecular complexity index is 747. The Hall–Kier alpha value is -2.15. The molecule has 0 bridgehead atoms. The molecular weight excluding hydrogens is 302 g/mol. The summed E-state index contributed by atoms with van der Waals surface area (Å²) in [6.07, 6.45) is 2.99. The van der Waals surface area contributed by atoms with Gasteiger partial charge in [0.2, 0.25) is 0 Å². The molecule has 90 valence electrons. The highest BCUT2D eigenvalue weighted by Gasteiger charge is 2.14. The van der Waals surface area contributed by atoms with Crippen LogP contribution in [0, 0.1) is 0 Å². The molecule has 7 heteroatoms. The summed E-state index contributed by atoms with van der Waals surface area (Å²) in [4.78, 5) is 10.9. The highest BCUT2D eigenvalue weighted by Crippen LogP contribution is 2.28. The summed E-state index contributed by atoms with van der Waals surface area (Å²) in [7, 11) is 0. The van der Waals surface area contributed by atoms with Crippen LogP contribution in [-0.2, 0) is 0 Å². The minimum atomic E-state index is -0.997. The Kier molecular flexibility index (Phi) is 2.41. The normalized spacial score (nSPS) is 10.9. The van der Waals surface area contributed by atoms with Crippen LogP contribution in [0.4, 0.5) is 0 Å². The summed E-state index contributed by atoms with van der Waals surface area (Å²) in [6.45, 7) is 0. The Morgan fingerprint density at radius 3 is 2.83 bits per heavy atom. The van der Waals surface area contributed by atoms with Crippen molar-refractivity contribution in [2.45, 2.75) is 0 Å². The third-order valence-electron chi connectivity index (χ3n) is 2.51. The van der Waals surface area contributed by atoms with Crippen LogP contribution in [-0.4, -0.2) is 25.7 Å². The second-order valence-electron chi connectivity index (χ2n) is 3.58. The molecule has 0 atom stereocenters. The van der Waals surface area contributed by atoms with E-state index in [0.29, 0.717) is 21.7 Å². The van der Waals surface area contributed by atoms with Gasteiger partial charge in [-0.1, -0.05) is 0 Å². The molecule has 1 N–H and O–H groups in total. The van der Waals surface area contributed by atoms with E-state index in [9.17, 15) is 4.79 Å².